The van der Waals surface area contributed by atoms with Crippen molar-refractivity contribution in [3.05, 3.63) is 106 Å². The summed E-state index contributed by atoms with van der Waals surface area (Å²) in [6, 6.07) is 24.0. The van der Waals surface area contributed by atoms with Gasteiger partial charge < -0.3 is 14.7 Å². The van der Waals surface area contributed by atoms with Crippen LogP contribution in [-0.4, -0.2) is 47.6 Å². The Hall–Kier alpha value is -2.77. The topological polar surface area (TPSA) is 54.3 Å². The second-order valence-electron chi connectivity index (χ2n) is 8.43. The molecule has 34 heavy (non-hydrogen) atoms. The zero-order chi connectivity index (χ0) is 23.8. The average molecular weight is 483 g/mol. The summed E-state index contributed by atoms with van der Waals surface area (Å²) in [5.41, 5.74) is 3.14. The minimum atomic E-state index is -0.684. The van der Waals surface area contributed by atoms with Crippen LogP contribution in [0.25, 0.3) is 0 Å². The van der Waals surface area contributed by atoms with E-state index in [-0.39, 0.29) is 18.5 Å². The van der Waals surface area contributed by atoms with Crippen molar-refractivity contribution in [3.63, 3.8) is 0 Å². The van der Waals surface area contributed by atoms with E-state index in [0.717, 1.165) is 11.1 Å². The first-order chi connectivity index (χ1) is 16.6. The van der Waals surface area contributed by atoms with Crippen molar-refractivity contribution in [2.75, 3.05) is 19.7 Å². The van der Waals surface area contributed by atoms with Gasteiger partial charge in [0, 0.05) is 36.6 Å². The van der Waals surface area contributed by atoms with Crippen LogP contribution in [0.4, 0.5) is 4.39 Å². The third kappa shape index (κ3) is 7.11. The molecule has 0 unspecified atom stereocenters. The lowest BCUT2D eigenvalue weighted by Crippen LogP contribution is -2.39. The van der Waals surface area contributed by atoms with E-state index < -0.39 is 6.10 Å². The van der Waals surface area contributed by atoms with Gasteiger partial charge in [-0.2, -0.15) is 0 Å². The number of ether oxygens (including phenoxy) is 1. The first-order valence-corrected chi connectivity index (χ1v) is 11.7. The van der Waals surface area contributed by atoms with E-state index in [1.807, 2.05) is 54.6 Å². The summed E-state index contributed by atoms with van der Waals surface area (Å²) in [5.74, 6) is -0.313. The van der Waals surface area contributed by atoms with Gasteiger partial charge in [0.2, 0.25) is 0 Å². The van der Waals surface area contributed by atoms with Gasteiger partial charge in [-0.1, -0.05) is 77.4 Å². The molecule has 0 aromatic heterocycles. The normalized spacial score (nSPS) is 16.4. The molecule has 1 heterocycles. The summed E-state index contributed by atoms with van der Waals surface area (Å²) < 4.78 is 19.9. The zero-order valence-electron chi connectivity index (χ0n) is 18.8. The van der Waals surface area contributed by atoms with E-state index in [9.17, 15) is 9.50 Å². The van der Waals surface area contributed by atoms with E-state index in [2.05, 4.69) is 10.1 Å². The van der Waals surface area contributed by atoms with E-state index >= 15 is 0 Å². The molecule has 1 aliphatic rings. The number of hydrogen-bond donors (Lipinski definition) is 1. The van der Waals surface area contributed by atoms with Crippen molar-refractivity contribution in [1.82, 2.24) is 4.90 Å². The number of aliphatic hydroxyl groups excluding tert-OH is 1. The smallest absolute Gasteiger partial charge is 0.145 e. The number of rotatable bonds is 11. The van der Waals surface area contributed by atoms with Gasteiger partial charge in [0.25, 0.3) is 0 Å². The largest absolute Gasteiger partial charge is 0.390 e. The molecule has 0 radical (unpaired) electrons. The molecule has 2 atom stereocenters. The summed E-state index contributed by atoms with van der Waals surface area (Å²) in [4.78, 5) is 7.72. The standard InChI is InChI=1S/C27H28ClFN2O3/c28-22-10-6-9-21(13-22)15-31(16-23(32)19-33-18-20-7-2-1-3-8-20)17-24-14-27(30-34-24)25-11-4-5-12-26(25)29/h1-13,23-24,32H,14-19H2/t23-,24-/m0/s1. The first-order valence-electron chi connectivity index (χ1n) is 11.3. The Balaban J connectivity index is 1.35. The number of aliphatic hydroxyl groups is 1. The van der Waals surface area contributed by atoms with Crippen LogP contribution in [0.15, 0.2) is 84.0 Å². The molecule has 3 aromatic rings. The van der Waals surface area contributed by atoms with E-state index in [0.29, 0.717) is 49.0 Å². The maximum absolute atomic E-state index is 14.2. The quantitative estimate of drug-likeness (QED) is 0.415. The number of benzene rings is 3. The Morgan fingerprint density at radius 2 is 1.82 bits per heavy atom. The van der Waals surface area contributed by atoms with Gasteiger partial charge in [0.15, 0.2) is 0 Å². The Bertz CT molecular complexity index is 1100. The number of halogens is 2. The monoisotopic (exact) mass is 482 g/mol. The molecule has 5 nitrogen and oxygen atoms in total. The van der Waals surface area contributed by atoms with Crippen molar-refractivity contribution in [1.29, 1.82) is 0 Å². The summed E-state index contributed by atoms with van der Waals surface area (Å²) in [6.45, 7) is 2.13. The van der Waals surface area contributed by atoms with Crippen LogP contribution in [0.5, 0.6) is 0 Å². The first kappa shape index (κ1) is 24.4. The van der Waals surface area contributed by atoms with Crippen LogP contribution in [-0.2, 0) is 22.7 Å². The third-order valence-electron chi connectivity index (χ3n) is 5.57. The van der Waals surface area contributed by atoms with Crippen LogP contribution in [0, 0.1) is 5.82 Å². The van der Waals surface area contributed by atoms with E-state index in [1.165, 1.54) is 6.07 Å². The molecule has 0 saturated heterocycles. The minimum Gasteiger partial charge on any atom is -0.390 e. The molecule has 1 aliphatic heterocycles. The number of hydrogen-bond acceptors (Lipinski definition) is 5. The predicted molar refractivity (Wildman–Crippen MR) is 131 cm³/mol. The second-order valence-corrected chi connectivity index (χ2v) is 8.86. The molecule has 0 aliphatic carbocycles. The molecule has 178 valence electrons. The highest BCUT2D eigenvalue weighted by Gasteiger charge is 2.27. The van der Waals surface area contributed by atoms with E-state index in [1.54, 1.807) is 18.2 Å². The van der Waals surface area contributed by atoms with Crippen molar-refractivity contribution in [2.45, 2.75) is 31.8 Å². The highest BCUT2D eigenvalue weighted by molar-refractivity contribution is 6.30. The molecular formula is C27H28ClFN2O3. The Morgan fingerprint density at radius 3 is 2.62 bits per heavy atom. The highest BCUT2D eigenvalue weighted by Crippen LogP contribution is 2.21. The SMILES string of the molecule is O[C@H](COCc1ccccc1)CN(Cc1cccc(Cl)c1)C[C@@H]1CC(c2ccccc2F)=NO1. The molecule has 0 amide bonds. The van der Waals surface area contributed by atoms with Crippen LogP contribution in [0.1, 0.15) is 23.1 Å². The second kappa shape index (κ2) is 12.1. The Labute approximate surface area is 204 Å². The van der Waals surface area contributed by atoms with Crippen LogP contribution < -0.4 is 0 Å². The van der Waals surface area contributed by atoms with Crippen molar-refractivity contribution in [3.8, 4) is 0 Å². The van der Waals surface area contributed by atoms with Gasteiger partial charge in [-0.05, 0) is 29.3 Å². The van der Waals surface area contributed by atoms with Crippen LogP contribution in [0.3, 0.4) is 0 Å². The van der Waals surface area contributed by atoms with Crippen molar-refractivity contribution >= 4 is 17.3 Å². The average Bonchev–Trinajstić information content (AvgIpc) is 3.28. The Morgan fingerprint density at radius 1 is 1.06 bits per heavy atom. The fourth-order valence-corrected chi connectivity index (χ4v) is 4.22. The van der Waals surface area contributed by atoms with E-state index in [4.69, 9.17) is 21.2 Å². The van der Waals surface area contributed by atoms with Crippen molar-refractivity contribution < 1.29 is 19.1 Å². The maximum Gasteiger partial charge on any atom is 0.145 e. The van der Waals surface area contributed by atoms with Gasteiger partial charge in [0.1, 0.15) is 11.9 Å². The van der Waals surface area contributed by atoms with Crippen LogP contribution >= 0.6 is 11.6 Å². The summed E-state index contributed by atoms with van der Waals surface area (Å²) in [7, 11) is 0. The lowest BCUT2D eigenvalue weighted by atomic mass is 10.0. The summed E-state index contributed by atoms with van der Waals surface area (Å²) in [5, 5.41) is 15.4. The molecule has 1 N–H and O–H groups in total. The lowest BCUT2D eigenvalue weighted by molar-refractivity contribution is -0.00648. The van der Waals surface area contributed by atoms with Gasteiger partial charge in [-0.15, -0.1) is 0 Å². The molecule has 3 aromatic carbocycles. The third-order valence-corrected chi connectivity index (χ3v) is 5.80. The lowest BCUT2D eigenvalue weighted by Gasteiger charge is -2.27. The van der Waals surface area contributed by atoms with Gasteiger partial charge in [0.05, 0.1) is 25.0 Å². The fraction of sp³-hybridized carbons (Fsp3) is 0.296. The predicted octanol–water partition coefficient (Wildman–Crippen LogP) is 5.05. The molecule has 0 bridgehead atoms. The Kier molecular flexibility index (Phi) is 8.66. The number of oxime groups is 1. The highest BCUT2D eigenvalue weighted by atomic mass is 35.5. The molecule has 0 saturated carbocycles. The van der Waals surface area contributed by atoms with Crippen LogP contribution in [0.2, 0.25) is 5.02 Å². The zero-order valence-corrected chi connectivity index (χ0v) is 19.6. The van der Waals surface area contributed by atoms with Gasteiger partial charge >= 0.3 is 0 Å². The fourth-order valence-electron chi connectivity index (χ4n) is 4.00. The molecule has 7 heteroatoms. The summed E-state index contributed by atoms with van der Waals surface area (Å²) in [6.07, 6.45) is -0.435. The maximum atomic E-state index is 14.2. The van der Waals surface area contributed by atoms with Crippen molar-refractivity contribution in [2.24, 2.45) is 5.16 Å². The molecule has 4 rings (SSSR count). The minimum absolute atomic E-state index is 0.212. The van der Waals surface area contributed by atoms with Gasteiger partial charge in [-0.25, -0.2) is 4.39 Å². The summed E-state index contributed by atoms with van der Waals surface area (Å²) >= 11 is 6.17. The molecule has 0 spiro atoms. The molecular weight excluding hydrogens is 455 g/mol. The molecule has 0 fully saturated rings. The van der Waals surface area contributed by atoms with Gasteiger partial charge in [-0.3, -0.25) is 4.90 Å². The number of nitrogens with zero attached hydrogens (tertiary/aromatic N) is 2.